The topological polar surface area (TPSA) is 83.7 Å². The third-order valence-corrected chi connectivity index (χ3v) is 2.96. The highest BCUT2D eigenvalue weighted by molar-refractivity contribution is 5.89. The molecule has 2 aromatic rings. The molecule has 1 atom stereocenters. The van der Waals surface area contributed by atoms with Crippen LogP contribution in [0.2, 0.25) is 0 Å². The minimum Gasteiger partial charge on any atom is -0.466 e. The second-order valence-corrected chi connectivity index (χ2v) is 4.97. The first-order valence-electron chi connectivity index (χ1n) is 6.73. The van der Waals surface area contributed by atoms with Crippen molar-refractivity contribution < 1.29 is 27.8 Å². The summed E-state index contributed by atoms with van der Waals surface area (Å²) in [4.78, 5) is 11.8. The number of aliphatic hydroxyl groups is 1. The van der Waals surface area contributed by atoms with Gasteiger partial charge >= 0.3 is 12.6 Å². The highest BCUT2D eigenvalue weighted by Crippen LogP contribution is 2.21. The summed E-state index contributed by atoms with van der Waals surface area (Å²) in [6.07, 6.45) is 1.42. The zero-order valence-corrected chi connectivity index (χ0v) is 12.3. The van der Waals surface area contributed by atoms with Crippen LogP contribution in [-0.2, 0) is 5.60 Å². The van der Waals surface area contributed by atoms with Gasteiger partial charge in [0.05, 0.1) is 12.8 Å². The van der Waals surface area contributed by atoms with Crippen molar-refractivity contribution in [2.75, 3.05) is 11.9 Å². The van der Waals surface area contributed by atoms with E-state index in [-0.39, 0.29) is 18.0 Å². The molecule has 1 aromatic carbocycles. The summed E-state index contributed by atoms with van der Waals surface area (Å²) in [5, 5.41) is 15.1. The molecule has 0 saturated heterocycles. The lowest BCUT2D eigenvalue weighted by atomic mass is 10.0. The van der Waals surface area contributed by atoms with Crippen molar-refractivity contribution in [2.45, 2.75) is 19.1 Å². The predicted octanol–water partition coefficient (Wildman–Crippen LogP) is 2.91. The third kappa shape index (κ3) is 4.96. The number of rotatable bonds is 6. The molecule has 124 valence electrons. The predicted molar refractivity (Wildman–Crippen MR) is 78.4 cm³/mol. The zero-order chi connectivity index (χ0) is 16.9. The van der Waals surface area contributed by atoms with Crippen LogP contribution in [0.1, 0.15) is 12.7 Å². The third-order valence-electron chi connectivity index (χ3n) is 2.96. The minimum atomic E-state index is -2.94. The molecule has 0 aliphatic heterocycles. The van der Waals surface area contributed by atoms with Gasteiger partial charge in [-0.15, -0.1) is 0 Å². The van der Waals surface area contributed by atoms with Crippen LogP contribution >= 0.6 is 0 Å². The summed E-state index contributed by atoms with van der Waals surface area (Å²) in [5.41, 5.74) is -1.10. The standard InChI is InChI=1S/C15H16F2N2O4/c1-15(21,12-6-3-7-22-12)9-18-14(20)19-10-4-2-5-11(8-10)23-13(16)17/h2-8,13,21H,9H2,1H3,(H2,18,19,20). The summed E-state index contributed by atoms with van der Waals surface area (Å²) in [6, 6.07) is 8.19. The van der Waals surface area contributed by atoms with Gasteiger partial charge in [-0.05, 0) is 31.2 Å². The van der Waals surface area contributed by atoms with Gasteiger partial charge in [-0.25, -0.2) is 4.79 Å². The van der Waals surface area contributed by atoms with E-state index < -0.39 is 18.2 Å². The van der Waals surface area contributed by atoms with Gasteiger partial charge in [0, 0.05) is 11.8 Å². The van der Waals surface area contributed by atoms with Gasteiger partial charge in [0.2, 0.25) is 0 Å². The van der Waals surface area contributed by atoms with E-state index in [1.165, 1.54) is 37.5 Å². The fraction of sp³-hybridized carbons (Fsp3) is 0.267. The van der Waals surface area contributed by atoms with Gasteiger partial charge < -0.3 is 24.9 Å². The van der Waals surface area contributed by atoms with Crippen LogP contribution < -0.4 is 15.4 Å². The Kier molecular flexibility index (Phi) is 5.17. The van der Waals surface area contributed by atoms with Crippen molar-refractivity contribution >= 4 is 11.7 Å². The molecule has 0 aliphatic rings. The Morgan fingerprint density at radius 3 is 2.83 bits per heavy atom. The van der Waals surface area contributed by atoms with Crippen molar-refractivity contribution in [3.63, 3.8) is 0 Å². The maximum absolute atomic E-state index is 12.1. The van der Waals surface area contributed by atoms with Crippen LogP contribution in [0, 0.1) is 0 Å². The Labute approximate surface area is 131 Å². The number of alkyl halides is 2. The fourth-order valence-corrected chi connectivity index (χ4v) is 1.85. The molecule has 2 amide bonds. The first-order valence-corrected chi connectivity index (χ1v) is 6.73. The van der Waals surface area contributed by atoms with Gasteiger partial charge in [0.1, 0.15) is 17.1 Å². The first kappa shape index (κ1) is 16.8. The molecule has 1 heterocycles. The number of carbonyl (C=O) groups is 1. The number of ether oxygens (including phenoxy) is 1. The van der Waals surface area contributed by atoms with E-state index in [1.807, 2.05) is 0 Å². The van der Waals surface area contributed by atoms with Crippen molar-refractivity contribution in [3.8, 4) is 5.75 Å². The molecule has 2 rings (SSSR count). The van der Waals surface area contributed by atoms with Crippen LogP contribution in [0.4, 0.5) is 19.3 Å². The van der Waals surface area contributed by atoms with Gasteiger partial charge in [-0.3, -0.25) is 0 Å². The Hall–Kier alpha value is -2.61. The molecule has 0 fully saturated rings. The molecule has 0 aliphatic carbocycles. The van der Waals surface area contributed by atoms with E-state index >= 15 is 0 Å². The molecule has 1 aromatic heterocycles. The van der Waals surface area contributed by atoms with Crippen molar-refractivity contribution in [1.29, 1.82) is 0 Å². The number of halogens is 2. The Morgan fingerprint density at radius 1 is 1.39 bits per heavy atom. The van der Waals surface area contributed by atoms with E-state index in [2.05, 4.69) is 15.4 Å². The second-order valence-electron chi connectivity index (χ2n) is 4.97. The largest absolute Gasteiger partial charge is 0.466 e. The van der Waals surface area contributed by atoms with Crippen molar-refractivity contribution in [3.05, 3.63) is 48.4 Å². The second kappa shape index (κ2) is 7.10. The number of carbonyl (C=O) groups excluding carboxylic acids is 1. The molecule has 0 bridgehead atoms. The molecule has 0 radical (unpaired) electrons. The highest BCUT2D eigenvalue weighted by atomic mass is 19.3. The summed E-state index contributed by atoms with van der Waals surface area (Å²) in [5.74, 6) is 0.241. The van der Waals surface area contributed by atoms with E-state index in [4.69, 9.17) is 4.42 Å². The summed E-state index contributed by atoms with van der Waals surface area (Å²) < 4.78 is 33.6. The molecular weight excluding hydrogens is 310 g/mol. The summed E-state index contributed by atoms with van der Waals surface area (Å²) >= 11 is 0. The van der Waals surface area contributed by atoms with Gasteiger partial charge in [0.15, 0.2) is 0 Å². The normalized spacial score (nSPS) is 13.4. The zero-order valence-electron chi connectivity index (χ0n) is 12.3. The first-order chi connectivity index (χ1) is 10.9. The molecule has 1 unspecified atom stereocenters. The molecule has 23 heavy (non-hydrogen) atoms. The number of urea groups is 1. The smallest absolute Gasteiger partial charge is 0.387 e. The number of furan rings is 1. The van der Waals surface area contributed by atoms with E-state index in [0.717, 1.165) is 0 Å². The van der Waals surface area contributed by atoms with Gasteiger partial charge in [-0.2, -0.15) is 8.78 Å². The van der Waals surface area contributed by atoms with E-state index in [9.17, 15) is 18.7 Å². The number of nitrogens with one attached hydrogen (secondary N) is 2. The van der Waals surface area contributed by atoms with Crippen molar-refractivity contribution in [1.82, 2.24) is 5.32 Å². The van der Waals surface area contributed by atoms with Crippen LogP contribution in [0.15, 0.2) is 47.1 Å². The maximum Gasteiger partial charge on any atom is 0.387 e. The van der Waals surface area contributed by atoms with Crippen molar-refractivity contribution in [2.24, 2.45) is 0 Å². The number of amides is 2. The van der Waals surface area contributed by atoms with Gasteiger partial charge in [-0.1, -0.05) is 6.07 Å². The average molecular weight is 326 g/mol. The Morgan fingerprint density at radius 2 is 2.17 bits per heavy atom. The minimum absolute atomic E-state index is 0.0691. The number of hydrogen-bond donors (Lipinski definition) is 3. The van der Waals surface area contributed by atoms with Gasteiger partial charge in [0.25, 0.3) is 0 Å². The Balaban J connectivity index is 1.90. The van der Waals surface area contributed by atoms with Crippen LogP contribution in [-0.4, -0.2) is 24.3 Å². The van der Waals surface area contributed by atoms with E-state index in [0.29, 0.717) is 5.76 Å². The van der Waals surface area contributed by atoms with Crippen LogP contribution in [0.25, 0.3) is 0 Å². The SMILES string of the molecule is CC(O)(CNC(=O)Nc1cccc(OC(F)F)c1)c1ccco1. The lowest BCUT2D eigenvalue weighted by Gasteiger charge is -2.21. The Bertz CT molecular complexity index is 645. The lowest BCUT2D eigenvalue weighted by molar-refractivity contribution is -0.0498. The number of anilines is 1. The number of hydrogen-bond acceptors (Lipinski definition) is 4. The molecular formula is C15H16F2N2O4. The number of benzene rings is 1. The molecule has 8 heteroatoms. The molecule has 3 N–H and O–H groups in total. The summed E-state index contributed by atoms with van der Waals surface area (Å²) in [6.45, 7) is -1.55. The monoisotopic (exact) mass is 326 g/mol. The molecule has 0 saturated carbocycles. The lowest BCUT2D eigenvalue weighted by Crippen LogP contribution is -2.40. The fourth-order valence-electron chi connectivity index (χ4n) is 1.85. The summed E-state index contributed by atoms with van der Waals surface area (Å²) in [7, 11) is 0. The maximum atomic E-state index is 12.1. The molecule has 6 nitrogen and oxygen atoms in total. The van der Waals surface area contributed by atoms with Crippen LogP contribution in [0.5, 0.6) is 5.75 Å². The van der Waals surface area contributed by atoms with E-state index in [1.54, 1.807) is 12.1 Å². The van der Waals surface area contributed by atoms with Crippen LogP contribution in [0.3, 0.4) is 0 Å². The average Bonchev–Trinajstić information content (AvgIpc) is 3.00. The molecule has 0 spiro atoms. The quantitative estimate of drug-likeness (QED) is 0.762. The highest BCUT2D eigenvalue weighted by Gasteiger charge is 2.26.